The molecule has 2 aromatic carbocycles. The van der Waals surface area contributed by atoms with Gasteiger partial charge in [0.05, 0.1) is 5.60 Å². The number of aliphatic hydroxyl groups is 1. The van der Waals surface area contributed by atoms with Crippen LogP contribution in [0.2, 0.25) is 10.0 Å². The summed E-state index contributed by atoms with van der Waals surface area (Å²) in [7, 11) is 0. The Morgan fingerprint density at radius 3 is 2.47 bits per heavy atom. The van der Waals surface area contributed by atoms with E-state index in [2.05, 4.69) is 0 Å². The topological polar surface area (TPSA) is 20.2 Å². The summed E-state index contributed by atoms with van der Waals surface area (Å²) in [5, 5.41) is 11.4. The van der Waals surface area contributed by atoms with Crippen molar-refractivity contribution >= 4 is 23.2 Å². The molecule has 0 bridgehead atoms. The molecule has 0 radical (unpaired) electrons. The average molecular weight is 299 g/mol. The van der Waals surface area contributed by atoms with E-state index in [-0.39, 0.29) is 6.42 Å². The highest BCUT2D eigenvalue weighted by molar-refractivity contribution is 6.31. The monoisotopic (exact) mass is 298 g/mol. The summed E-state index contributed by atoms with van der Waals surface area (Å²) in [6.07, 6.45) is 0.0822. The molecule has 1 unspecified atom stereocenters. The maximum Gasteiger partial charge on any atom is 0.128 e. The highest BCUT2D eigenvalue weighted by Gasteiger charge is 2.26. The van der Waals surface area contributed by atoms with Crippen LogP contribution in [0.15, 0.2) is 42.5 Å². The number of rotatable bonds is 3. The van der Waals surface area contributed by atoms with Crippen molar-refractivity contribution < 1.29 is 9.50 Å². The highest BCUT2D eigenvalue weighted by Crippen LogP contribution is 2.31. The Balaban J connectivity index is 2.36. The molecule has 2 rings (SSSR count). The lowest BCUT2D eigenvalue weighted by atomic mass is 9.89. The van der Waals surface area contributed by atoms with Crippen molar-refractivity contribution in [3.63, 3.8) is 0 Å². The smallest absolute Gasteiger partial charge is 0.128 e. The van der Waals surface area contributed by atoms with Crippen LogP contribution in [0.1, 0.15) is 18.1 Å². The fourth-order valence-corrected chi connectivity index (χ4v) is 2.39. The molecule has 0 fully saturated rings. The Bertz CT molecular complexity index is 576. The first-order valence-corrected chi connectivity index (χ1v) is 6.57. The molecule has 0 saturated carbocycles. The molecule has 0 aliphatic rings. The first kappa shape index (κ1) is 14.3. The molecule has 1 nitrogen and oxygen atoms in total. The molecular weight excluding hydrogens is 286 g/mol. The molecule has 0 aliphatic carbocycles. The Hall–Kier alpha value is -1.09. The summed E-state index contributed by atoms with van der Waals surface area (Å²) in [5.41, 5.74) is -0.315. The molecule has 1 N–H and O–H groups in total. The van der Waals surface area contributed by atoms with Gasteiger partial charge in [0.25, 0.3) is 0 Å². The minimum atomic E-state index is -1.24. The molecule has 2 aromatic rings. The third-order valence-corrected chi connectivity index (χ3v) is 3.62. The largest absolute Gasteiger partial charge is 0.385 e. The van der Waals surface area contributed by atoms with Crippen LogP contribution in [0.4, 0.5) is 4.39 Å². The number of hydrogen-bond donors (Lipinski definition) is 1. The van der Waals surface area contributed by atoms with Gasteiger partial charge < -0.3 is 5.11 Å². The van der Waals surface area contributed by atoms with E-state index < -0.39 is 11.4 Å². The molecule has 0 heterocycles. The van der Waals surface area contributed by atoms with E-state index in [1.54, 1.807) is 37.3 Å². The van der Waals surface area contributed by atoms with E-state index in [1.165, 1.54) is 12.1 Å². The van der Waals surface area contributed by atoms with E-state index in [4.69, 9.17) is 23.2 Å². The fraction of sp³-hybridized carbons (Fsp3) is 0.200. The number of benzene rings is 2. The zero-order valence-corrected chi connectivity index (χ0v) is 11.8. The lowest BCUT2D eigenvalue weighted by Gasteiger charge is -2.25. The lowest BCUT2D eigenvalue weighted by Crippen LogP contribution is -2.25. The van der Waals surface area contributed by atoms with Gasteiger partial charge in [0, 0.05) is 22.0 Å². The van der Waals surface area contributed by atoms with E-state index in [0.29, 0.717) is 21.2 Å². The zero-order valence-electron chi connectivity index (χ0n) is 10.3. The Morgan fingerprint density at radius 2 is 1.84 bits per heavy atom. The predicted octanol–water partition coefficient (Wildman–Crippen LogP) is 4.58. The van der Waals surface area contributed by atoms with Gasteiger partial charge in [-0.15, -0.1) is 0 Å². The van der Waals surface area contributed by atoms with Gasteiger partial charge >= 0.3 is 0 Å². The molecule has 0 spiro atoms. The van der Waals surface area contributed by atoms with Gasteiger partial charge in [-0.05, 0) is 36.8 Å². The molecular formula is C15H13Cl2FO. The van der Waals surface area contributed by atoms with Crippen molar-refractivity contribution in [1.82, 2.24) is 0 Å². The number of hydrogen-bond acceptors (Lipinski definition) is 1. The van der Waals surface area contributed by atoms with Gasteiger partial charge in [-0.1, -0.05) is 41.4 Å². The Morgan fingerprint density at radius 1 is 1.16 bits per heavy atom. The first-order valence-electron chi connectivity index (χ1n) is 5.81. The Labute approximate surface area is 121 Å². The van der Waals surface area contributed by atoms with Gasteiger partial charge in [-0.3, -0.25) is 0 Å². The second-order valence-electron chi connectivity index (χ2n) is 4.66. The first-order chi connectivity index (χ1) is 8.90. The molecule has 0 aromatic heterocycles. The number of halogens is 3. The third kappa shape index (κ3) is 3.27. The van der Waals surface area contributed by atoms with Gasteiger partial charge in [0.15, 0.2) is 0 Å². The molecule has 0 amide bonds. The van der Waals surface area contributed by atoms with Crippen molar-refractivity contribution in [2.24, 2.45) is 0 Å². The minimum absolute atomic E-state index is 0.0822. The average Bonchev–Trinajstić information content (AvgIpc) is 2.34. The third-order valence-electron chi connectivity index (χ3n) is 3.03. The second kappa shape index (κ2) is 5.49. The maximum absolute atomic E-state index is 13.8. The van der Waals surface area contributed by atoms with Gasteiger partial charge in [0.1, 0.15) is 5.82 Å². The molecule has 4 heteroatoms. The van der Waals surface area contributed by atoms with Gasteiger partial charge in [-0.2, -0.15) is 0 Å². The minimum Gasteiger partial charge on any atom is -0.385 e. The van der Waals surface area contributed by atoms with Gasteiger partial charge in [0.2, 0.25) is 0 Å². The van der Waals surface area contributed by atoms with E-state index >= 15 is 0 Å². The van der Waals surface area contributed by atoms with Crippen molar-refractivity contribution in [3.8, 4) is 0 Å². The summed E-state index contributed by atoms with van der Waals surface area (Å²) >= 11 is 11.9. The van der Waals surface area contributed by atoms with Gasteiger partial charge in [-0.25, -0.2) is 4.39 Å². The lowest BCUT2D eigenvalue weighted by molar-refractivity contribution is 0.0567. The van der Waals surface area contributed by atoms with Crippen LogP contribution in [0, 0.1) is 5.82 Å². The van der Waals surface area contributed by atoms with Crippen LogP contribution in [0.25, 0.3) is 0 Å². The Kier molecular flexibility index (Phi) is 4.14. The normalized spacial score (nSPS) is 14.2. The van der Waals surface area contributed by atoms with Crippen LogP contribution in [-0.4, -0.2) is 5.11 Å². The molecule has 1 atom stereocenters. The summed E-state index contributed by atoms with van der Waals surface area (Å²) in [6, 6.07) is 11.3. The predicted molar refractivity (Wildman–Crippen MR) is 76.1 cm³/mol. The van der Waals surface area contributed by atoms with Crippen LogP contribution in [0.3, 0.4) is 0 Å². The maximum atomic E-state index is 13.8. The summed E-state index contributed by atoms with van der Waals surface area (Å²) in [5.74, 6) is -0.421. The van der Waals surface area contributed by atoms with Crippen molar-refractivity contribution in [2.45, 2.75) is 18.9 Å². The molecule has 19 heavy (non-hydrogen) atoms. The summed E-state index contributed by atoms with van der Waals surface area (Å²) in [4.78, 5) is 0. The van der Waals surface area contributed by atoms with Crippen molar-refractivity contribution in [1.29, 1.82) is 0 Å². The highest BCUT2D eigenvalue weighted by atomic mass is 35.5. The van der Waals surface area contributed by atoms with Crippen LogP contribution in [-0.2, 0) is 12.0 Å². The quantitative estimate of drug-likeness (QED) is 0.879. The SMILES string of the molecule is CC(O)(Cc1c(F)cccc1Cl)c1cccc(Cl)c1. The van der Waals surface area contributed by atoms with E-state index in [0.717, 1.165) is 0 Å². The summed E-state index contributed by atoms with van der Waals surface area (Å²) in [6.45, 7) is 1.61. The standard InChI is InChI=1S/C15H13Cl2FO/c1-15(19,10-4-2-5-11(16)8-10)9-12-13(17)6-3-7-14(12)18/h2-8,19H,9H2,1H3. The van der Waals surface area contributed by atoms with E-state index in [1.807, 2.05) is 0 Å². The van der Waals surface area contributed by atoms with Crippen LogP contribution in [0.5, 0.6) is 0 Å². The molecule has 100 valence electrons. The van der Waals surface area contributed by atoms with Crippen LogP contribution < -0.4 is 0 Å². The fourth-order valence-electron chi connectivity index (χ4n) is 1.97. The summed E-state index contributed by atoms with van der Waals surface area (Å²) < 4.78 is 13.8. The molecule has 0 saturated heterocycles. The van der Waals surface area contributed by atoms with Crippen molar-refractivity contribution in [3.05, 3.63) is 69.5 Å². The van der Waals surface area contributed by atoms with E-state index in [9.17, 15) is 9.50 Å². The zero-order chi connectivity index (χ0) is 14.0. The van der Waals surface area contributed by atoms with Crippen molar-refractivity contribution in [2.75, 3.05) is 0 Å². The second-order valence-corrected chi connectivity index (χ2v) is 5.50. The molecule has 0 aliphatic heterocycles. The van der Waals surface area contributed by atoms with Crippen LogP contribution >= 0.6 is 23.2 Å².